The van der Waals surface area contributed by atoms with Crippen molar-refractivity contribution in [3.63, 3.8) is 0 Å². The second-order valence-corrected chi connectivity index (χ2v) is 5.60. The summed E-state index contributed by atoms with van der Waals surface area (Å²) in [5.41, 5.74) is 0. The van der Waals surface area contributed by atoms with Gasteiger partial charge >= 0.3 is 5.97 Å². The Morgan fingerprint density at radius 2 is 1.89 bits per heavy atom. The molecule has 0 aromatic heterocycles. The van der Waals surface area contributed by atoms with Crippen molar-refractivity contribution < 1.29 is 22.1 Å². The number of carbonyl (C=O) groups is 1. The number of rotatable bonds is 7. The molecule has 0 saturated carbocycles. The standard InChI is InChI=1S/C13H18O5S/c1-3-4-10-17-13(14)11(2)18-19(15,16)12-8-6-5-7-9-12/h5-9,11H,3-4,10H2,1-2H3. The van der Waals surface area contributed by atoms with E-state index in [0.29, 0.717) is 0 Å². The van der Waals surface area contributed by atoms with Gasteiger partial charge in [0.1, 0.15) is 0 Å². The van der Waals surface area contributed by atoms with Gasteiger partial charge in [0.05, 0.1) is 11.5 Å². The normalized spacial score (nSPS) is 12.9. The number of ether oxygens (including phenoxy) is 1. The van der Waals surface area contributed by atoms with Gasteiger partial charge in [-0.05, 0) is 25.5 Å². The quantitative estimate of drug-likeness (QED) is 0.436. The molecule has 1 unspecified atom stereocenters. The molecular formula is C13H18O5S. The lowest BCUT2D eigenvalue weighted by Crippen LogP contribution is -2.26. The lowest BCUT2D eigenvalue weighted by atomic mass is 10.3. The van der Waals surface area contributed by atoms with Gasteiger partial charge in [-0.1, -0.05) is 31.5 Å². The molecule has 0 amide bonds. The fraction of sp³-hybridized carbons (Fsp3) is 0.462. The summed E-state index contributed by atoms with van der Waals surface area (Å²) in [5.74, 6) is -0.673. The van der Waals surface area contributed by atoms with E-state index in [2.05, 4.69) is 0 Å². The van der Waals surface area contributed by atoms with Crippen molar-refractivity contribution in [1.82, 2.24) is 0 Å². The molecule has 106 valence electrons. The maximum absolute atomic E-state index is 11.8. The van der Waals surface area contributed by atoms with E-state index in [9.17, 15) is 13.2 Å². The first-order valence-electron chi connectivity index (χ1n) is 6.12. The van der Waals surface area contributed by atoms with Gasteiger partial charge in [0.2, 0.25) is 0 Å². The van der Waals surface area contributed by atoms with E-state index in [4.69, 9.17) is 8.92 Å². The minimum atomic E-state index is -3.94. The van der Waals surface area contributed by atoms with Crippen LogP contribution in [0.4, 0.5) is 0 Å². The summed E-state index contributed by atoms with van der Waals surface area (Å²) < 4.78 is 33.4. The molecule has 0 aliphatic heterocycles. The van der Waals surface area contributed by atoms with Gasteiger partial charge in [-0.25, -0.2) is 4.79 Å². The van der Waals surface area contributed by atoms with Crippen molar-refractivity contribution in [2.45, 2.75) is 37.7 Å². The minimum Gasteiger partial charge on any atom is -0.464 e. The molecule has 0 radical (unpaired) electrons. The zero-order chi connectivity index (χ0) is 14.3. The van der Waals surface area contributed by atoms with Gasteiger partial charge in [0, 0.05) is 0 Å². The van der Waals surface area contributed by atoms with E-state index in [1.807, 2.05) is 6.92 Å². The molecule has 1 atom stereocenters. The summed E-state index contributed by atoms with van der Waals surface area (Å²) in [5, 5.41) is 0. The molecule has 5 nitrogen and oxygen atoms in total. The molecule has 19 heavy (non-hydrogen) atoms. The average Bonchev–Trinajstić information content (AvgIpc) is 2.39. The highest BCUT2D eigenvalue weighted by Gasteiger charge is 2.24. The van der Waals surface area contributed by atoms with Crippen LogP contribution in [-0.2, 0) is 23.8 Å². The molecule has 0 saturated heterocycles. The average molecular weight is 286 g/mol. The molecule has 0 heterocycles. The van der Waals surface area contributed by atoms with Crippen LogP contribution in [0, 0.1) is 0 Å². The molecule has 1 aromatic carbocycles. The fourth-order valence-corrected chi connectivity index (χ4v) is 2.37. The van der Waals surface area contributed by atoms with Gasteiger partial charge in [-0.15, -0.1) is 0 Å². The third-order valence-corrected chi connectivity index (χ3v) is 3.77. The molecule has 0 N–H and O–H groups in total. The number of hydrogen-bond donors (Lipinski definition) is 0. The predicted molar refractivity (Wildman–Crippen MR) is 70.0 cm³/mol. The van der Waals surface area contributed by atoms with E-state index < -0.39 is 22.2 Å². The summed E-state index contributed by atoms with van der Waals surface area (Å²) in [6.07, 6.45) is 0.483. The Morgan fingerprint density at radius 3 is 2.47 bits per heavy atom. The van der Waals surface area contributed by atoms with Crippen LogP contribution in [0.5, 0.6) is 0 Å². The first-order valence-corrected chi connectivity index (χ1v) is 7.53. The number of benzene rings is 1. The molecule has 0 aliphatic rings. The van der Waals surface area contributed by atoms with E-state index in [0.717, 1.165) is 12.8 Å². The largest absolute Gasteiger partial charge is 0.464 e. The van der Waals surface area contributed by atoms with Crippen LogP contribution in [0.25, 0.3) is 0 Å². The van der Waals surface area contributed by atoms with Crippen LogP contribution in [0.1, 0.15) is 26.7 Å². The Balaban J connectivity index is 2.61. The number of carbonyl (C=O) groups excluding carboxylic acids is 1. The highest BCUT2D eigenvalue weighted by atomic mass is 32.2. The van der Waals surface area contributed by atoms with Crippen LogP contribution in [0.2, 0.25) is 0 Å². The third kappa shape index (κ3) is 5.00. The Hall–Kier alpha value is -1.40. The molecule has 0 aliphatic carbocycles. The Morgan fingerprint density at radius 1 is 1.26 bits per heavy atom. The van der Waals surface area contributed by atoms with Crippen LogP contribution >= 0.6 is 0 Å². The Bertz CT molecular complexity index is 495. The summed E-state index contributed by atoms with van der Waals surface area (Å²) in [6, 6.07) is 7.68. The second-order valence-electron chi connectivity index (χ2n) is 4.03. The van der Waals surface area contributed by atoms with Crippen LogP contribution < -0.4 is 0 Å². The number of unbranched alkanes of at least 4 members (excludes halogenated alkanes) is 1. The fourth-order valence-electron chi connectivity index (χ4n) is 1.31. The summed E-state index contributed by atoms with van der Waals surface area (Å²) in [4.78, 5) is 11.5. The lowest BCUT2D eigenvalue weighted by molar-refractivity contribution is -0.151. The van der Waals surface area contributed by atoms with Crippen molar-refractivity contribution in [3.8, 4) is 0 Å². The van der Waals surface area contributed by atoms with Crippen molar-refractivity contribution >= 4 is 16.1 Å². The Kier molecular flexibility index (Phi) is 5.98. The summed E-state index contributed by atoms with van der Waals surface area (Å²) in [7, 11) is -3.94. The molecule has 1 aromatic rings. The Labute approximate surface area is 113 Å². The van der Waals surface area contributed by atoms with Gasteiger partial charge in [-0.2, -0.15) is 8.42 Å². The van der Waals surface area contributed by atoms with Gasteiger partial charge in [0.25, 0.3) is 10.1 Å². The second kappa shape index (κ2) is 7.25. The zero-order valence-corrected chi connectivity index (χ0v) is 11.9. The van der Waals surface area contributed by atoms with Gasteiger partial charge in [0.15, 0.2) is 6.10 Å². The monoisotopic (exact) mass is 286 g/mol. The zero-order valence-electron chi connectivity index (χ0n) is 11.0. The van der Waals surface area contributed by atoms with Crippen LogP contribution in [0.3, 0.4) is 0 Å². The number of hydrogen-bond acceptors (Lipinski definition) is 5. The smallest absolute Gasteiger partial charge is 0.336 e. The van der Waals surface area contributed by atoms with Gasteiger partial charge in [-0.3, -0.25) is 4.18 Å². The highest BCUT2D eigenvalue weighted by molar-refractivity contribution is 7.86. The van der Waals surface area contributed by atoms with Gasteiger partial charge < -0.3 is 4.74 Å². The molecule has 1 rings (SSSR count). The summed E-state index contributed by atoms with van der Waals surface area (Å²) in [6.45, 7) is 3.59. The maximum atomic E-state index is 11.8. The van der Waals surface area contributed by atoms with Crippen molar-refractivity contribution in [3.05, 3.63) is 30.3 Å². The van der Waals surface area contributed by atoms with E-state index in [1.54, 1.807) is 18.2 Å². The van der Waals surface area contributed by atoms with E-state index >= 15 is 0 Å². The van der Waals surface area contributed by atoms with Crippen LogP contribution in [-0.4, -0.2) is 27.1 Å². The SMILES string of the molecule is CCCCOC(=O)C(C)OS(=O)(=O)c1ccccc1. The predicted octanol–water partition coefficient (Wildman–Crippen LogP) is 2.12. The molecule has 6 heteroatoms. The summed E-state index contributed by atoms with van der Waals surface area (Å²) >= 11 is 0. The third-order valence-electron chi connectivity index (χ3n) is 2.38. The molecular weight excluding hydrogens is 268 g/mol. The van der Waals surface area contributed by atoms with Crippen molar-refractivity contribution in [2.75, 3.05) is 6.61 Å². The first kappa shape index (κ1) is 15.7. The first-order chi connectivity index (χ1) is 8.97. The lowest BCUT2D eigenvalue weighted by Gasteiger charge is -2.12. The van der Waals surface area contributed by atoms with E-state index in [1.165, 1.54) is 19.1 Å². The maximum Gasteiger partial charge on any atom is 0.336 e. The van der Waals surface area contributed by atoms with Crippen molar-refractivity contribution in [1.29, 1.82) is 0 Å². The molecule has 0 bridgehead atoms. The minimum absolute atomic E-state index is 0.0169. The number of esters is 1. The highest BCUT2D eigenvalue weighted by Crippen LogP contribution is 2.14. The van der Waals surface area contributed by atoms with Crippen LogP contribution in [0.15, 0.2) is 35.2 Å². The van der Waals surface area contributed by atoms with E-state index in [-0.39, 0.29) is 11.5 Å². The molecule has 0 fully saturated rings. The van der Waals surface area contributed by atoms with Crippen molar-refractivity contribution in [2.24, 2.45) is 0 Å². The molecule has 0 spiro atoms. The topological polar surface area (TPSA) is 69.7 Å².